The Morgan fingerprint density at radius 1 is 1.37 bits per heavy atom. The van der Waals surface area contributed by atoms with E-state index in [1.165, 1.54) is 35.6 Å². The molecule has 27 heavy (non-hydrogen) atoms. The summed E-state index contributed by atoms with van der Waals surface area (Å²) in [5.41, 5.74) is 4.09. The normalized spacial score (nSPS) is 10.6. The van der Waals surface area contributed by atoms with E-state index in [1.54, 1.807) is 0 Å². The Kier molecular flexibility index (Phi) is 5.71. The third kappa shape index (κ3) is 4.43. The number of aromatic nitrogens is 2. The molecule has 1 amide bonds. The smallest absolute Gasteiger partial charge is 0.264 e. The van der Waals surface area contributed by atoms with E-state index in [9.17, 15) is 9.18 Å². The van der Waals surface area contributed by atoms with Crippen molar-refractivity contribution in [3.8, 4) is 17.0 Å². The van der Waals surface area contributed by atoms with Gasteiger partial charge in [-0.05, 0) is 44.2 Å². The number of nitrogens with zero attached hydrogens (tertiary/aromatic N) is 2. The number of allylic oxidation sites excluding steroid dienone is 1. The third-order valence-electron chi connectivity index (χ3n) is 4.10. The number of hydrogen-bond acceptors (Lipinski definition) is 4. The van der Waals surface area contributed by atoms with Crippen molar-refractivity contribution < 1.29 is 13.9 Å². The van der Waals surface area contributed by atoms with Gasteiger partial charge in [0.2, 0.25) is 0 Å². The summed E-state index contributed by atoms with van der Waals surface area (Å²) in [5.74, 6) is -0.243. The molecule has 0 bridgehead atoms. The summed E-state index contributed by atoms with van der Waals surface area (Å²) in [7, 11) is 0. The molecule has 2 aromatic heterocycles. The van der Waals surface area contributed by atoms with Gasteiger partial charge in [0.25, 0.3) is 5.91 Å². The van der Waals surface area contributed by atoms with Crippen molar-refractivity contribution >= 4 is 22.4 Å². The van der Waals surface area contributed by atoms with Gasteiger partial charge in [0.1, 0.15) is 11.6 Å². The second kappa shape index (κ2) is 8.18. The molecule has 1 aromatic carbocycles. The largest absolute Gasteiger partial charge is 0.484 e. The Balaban J connectivity index is 1.64. The van der Waals surface area contributed by atoms with E-state index in [-0.39, 0.29) is 18.3 Å². The highest BCUT2D eigenvalue weighted by Crippen LogP contribution is 2.30. The predicted octanol–water partition coefficient (Wildman–Crippen LogP) is 4.57. The van der Waals surface area contributed by atoms with Gasteiger partial charge in [0.15, 0.2) is 11.7 Å². The topological polar surface area (TPSA) is 56.2 Å². The van der Waals surface area contributed by atoms with Crippen molar-refractivity contribution in [1.82, 2.24) is 9.55 Å². The lowest BCUT2D eigenvalue weighted by Gasteiger charge is -2.06. The number of benzene rings is 1. The zero-order valence-electron chi connectivity index (χ0n) is 15.2. The number of carbonyl (C=O) groups is 1. The molecule has 0 aliphatic rings. The Labute approximate surface area is 161 Å². The van der Waals surface area contributed by atoms with Crippen LogP contribution in [0.15, 0.2) is 48.4 Å². The average molecular weight is 385 g/mol. The van der Waals surface area contributed by atoms with Gasteiger partial charge in [-0.15, -0.1) is 17.9 Å². The molecule has 0 spiro atoms. The maximum absolute atomic E-state index is 12.9. The maximum Gasteiger partial charge on any atom is 0.264 e. The second-order valence-electron chi connectivity index (χ2n) is 6.01. The number of amides is 1. The third-order valence-corrected chi connectivity index (χ3v) is 4.85. The van der Waals surface area contributed by atoms with E-state index < -0.39 is 0 Å². The monoisotopic (exact) mass is 385 g/mol. The first-order valence-electron chi connectivity index (χ1n) is 8.39. The summed E-state index contributed by atoms with van der Waals surface area (Å²) < 4.78 is 20.4. The number of hydrogen-bond donors (Lipinski definition) is 1. The molecule has 140 valence electrons. The number of nitrogens with one attached hydrogen (secondary N) is 1. The molecule has 0 aliphatic heterocycles. The van der Waals surface area contributed by atoms with E-state index in [4.69, 9.17) is 4.74 Å². The number of halogens is 1. The first-order chi connectivity index (χ1) is 13.0. The van der Waals surface area contributed by atoms with Gasteiger partial charge in [-0.3, -0.25) is 10.1 Å². The highest BCUT2D eigenvalue weighted by molar-refractivity contribution is 7.14. The van der Waals surface area contributed by atoms with Crippen molar-refractivity contribution in [3.63, 3.8) is 0 Å². The predicted molar refractivity (Wildman–Crippen MR) is 106 cm³/mol. The first-order valence-corrected chi connectivity index (χ1v) is 9.27. The summed E-state index contributed by atoms with van der Waals surface area (Å²) in [6.45, 7) is 8.44. The minimum atomic E-state index is -0.352. The van der Waals surface area contributed by atoms with Crippen LogP contribution in [0.3, 0.4) is 0 Å². The summed E-state index contributed by atoms with van der Waals surface area (Å²) in [4.78, 5) is 16.6. The fourth-order valence-electron chi connectivity index (χ4n) is 2.76. The van der Waals surface area contributed by atoms with Crippen LogP contribution in [-0.4, -0.2) is 22.1 Å². The molecular weight excluding hydrogens is 365 g/mol. The molecule has 7 heteroatoms. The van der Waals surface area contributed by atoms with Gasteiger partial charge in [0.05, 0.1) is 5.69 Å². The van der Waals surface area contributed by atoms with Crippen LogP contribution >= 0.6 is 11.3 Å². The minimum Gasteiger partial charge on any atom is -0.484 e. The first kappa shape index (κ1) is 18.8. The standard InChI is InChI=1S/C20H20FN3O2S/c1-4-9-24-13(2)10-17(14(24)3)18-12-27-20(22-18)23-19(25)11-26-16-7-5-15(21)6-8-16/h4-8,10,12H,1,9,11H2,2-3H3,(H,22,23,25). The van der Waals surface area contributed by atoms with E-state index in [0.29, 0.717) is 10.9 Å². The van der Waals surface area contributed by atoms with E-state index >= 15 is 0 Å². The summed E-state index contributed by atoms with van der Waals surface area (Å²) in [6.07, 6.45) is 1.86. The Hall–Kier alpha value is -2.93. The zero-order chi connectivity index (χ0) is 19.4. The van der Waals surface area contributed by atoms with Crippen LogP contribution in [0.5, 0.6) is 5.75 Å². The number of ether oxygens (including phenoxy) is 1. The van der Waals surface area contributed by atoms with Crippen molar-refractivity contribution in [3.05, 3.63) is 65.6 Å². The molecule has 2 heterocycles. The molecule has 0 aliphatic carbocycles. The van der Waals surface area contributed by atoms with Crippen molar-refractivity contribution in [2.24, 2.45) is 0 Å². The highest BCUT2D eigenvalue weighted by Gasteiger charge is 2.14. The number of carbonyl (C=O) groups excluding carboxylic acids is 1. The average Bonchev–Trinajstić information content (AvgIpc) is 3.21. The lowest BCUT2D eigenvalue weighted by atomic mass is 10.2. The fourth-order valence-corrected chi connectivity index (χ4v) is 3.49. The molecule has 0 saturated heterocycles. The molecule has 5 nitrogen and oxygen atoms in total. The summed E-state index contributed by atoms with van der Waals surface area (Å²) in [6, 6.07) is 7.59. The lowest BCUT2D eigenvalue weighted by molar-refractivity contribution is -0.118. The van der Waals surface area contributed by atoms with Crippen LogP contribution in [0.1, 0.15) is 11.4 Å². The van der Waals surface area contributed by atoms with Gasteiger partial charge < -0.3 is 9.30 Å². The molecule has 3 aromatic rings. The van der Waals surface area contributed by atoms with Crippen molar-refractivity contribution in [2.75, 3.05) is 11.9 Å². The van der Waals surface area contributed by atoms with Crippen molar-refractivity contribution in [2.45, 2.75) is 20.4 Å². The lowest BCUT2D eigenvalue weighted by Crippen LogP contribution is -2.20. The maximum atomic E-state index is 12.9. The molecule has 0 unspecified atom stereocenters. The Morgan fingerprint density at radius 2 is 2.11 bits per heavy atom. The Morgan fingerprint density at radius 3 is 2.81 bits per heavy atom. The quantitative estimate of drug-likeness (QED) is 0.606. The molecular formula is C20H20FN3O2S. The number of anilines is 1. The molecule has 1 N–H and O–H groups in total. The summed E-state index contributed by atoms with van der Waals surface area (Å²) >= 11 is 1.36. The van der Waals surface area contributed by atoms with Crippen LogP contribution in [0, 0.1) is 19.7 Å². The molecule has 0 saturated carbocycles. The van der Waals surface area contributed by atoms with Crippen molar-refractivity contribution in [1.29, 1.82) is 0 Å². The second-order valence-corrected chi connectivity index (χ2v) is 6.87. The van der Waals surface area contributed by atoms with Crippen LogP contribution in [0.2, 0.25) is 0 Å². The van der Waals surface area contributed by atoms with E-state index in [1.807, 2.05) is 25.3 Å². The number of thiazole rings is 1. The minimum absolute atomic E-state index is 0.172. The van der Waals surface area contributed by atoms with Gasteiger partial charge in [-0.1, -0.05) is 6.08 Å². The highest BCUT2D eigenvalue weighted by atomic mass is 32.1. The van der Waals surface area contributed by atoms with Crippen LogP contribution in [0.4, 0.5) is 9.52 Å². The molecule has 0 fully saturated rings. The van der Waals surface area contributed by atoms with Gasteiger partial charge in [-0.2, -0.15) is 0 Å². The number of aryl methyl sites for hydroxylation is 1. The number of rotatable bonds is 7. The van der Waals surface area contributed by atoms with E-state index in [0.717, 1.165) is 29.2 Å². The van der Waals surface area contributed by atoms with Gasteiger partial charge in [0, 0.05) is 28.9 Å². The van der Waals surface area contributed by atoms with E-state index in [2.05, 4.69) is 27.5 Å². The summed E-state index contributed by atoms with van der Waals surface area (Å²) in [5, 5.41) is 5.15. The molecule has 0 atom stereocenters. The van der Waals surface area contributed by atoms with Crippen LogP contribution in [-0.2, 0) is 11.3 Å². The Bertz CT molecular complexity index is 960. The SMILES string of the molecule is C=CCn1c(C)cc(-c2csc(NC(=O)COc3ccc(F)cc3)n2)c1C. The van der Waals surface area contributed by atoms with Crippen LogP contribution in [0.25, 0.3) is 11.3 Å². The van der Waals surface area contributed by atoms with Crippen LogP contribution < -0.4 is 10.1 Å². The molecule has 3 rings (SSSR count). The van der Waals surface area contributed by atoms with Gasteiger partial charge in [-0.25, -0.2) is 9.37 Å². The zero-order valence-corrected chi connectivity index (χ0v) is 16.0. The molecule has 0 radical (unpaired) electrons. The fraction of sp³-hybridized carbons (Fsp3) is 0.200. The van der Waals surface area contributed by atoms with Gasteiger partial charge >= 0.3 is 0 Å².